The van der Waals surface area contributed by atoms with Gasteiger partial charge in [-0.05, 0) is 48.3 Å². The summed E-state index contributed by atoms with van der Waals surface area (Å²) in [6.45, 7) is 14.6. The molecule has 1 saturated carbocycles. The summed E-state index contributed by atoms with van der Waals surface area (Å²) in [7, 11) is 0. The normalized spacial score (nSPS) is 32.6. The van der Waals surface area contributed by atoms with Crippen molar-refractivity contribution in [3.8, 4) is 0 Å². The highest BCUT2D eigenvalue weighted by Gasteiger charge is 2.42. The first-order valence-corrected chi connectivity index (χ1v) is 6.38. The van der Waals surface area contributed by atoms with Crippen LogP contribution in [0.5, 0.6) is 0 Å². The Balaban J connectivity index is 2.86. The van der Waals surface area contributed by atoms with Crippen LogP contribution >= 0.6 is 0 Å². The Morgan fingerprint density at radius 2 is 1.21 bits per heavy atom. The van der Waals surface area contributed by atoms with E-state index in [1.165, 1.54) is 19.3 Å². The predicted octanol–water partition coefficient (Wildman–Crippen LogP) is 4.74. The van der Waals surface area contributed by atoms with E-state index in [2.05, 4.69) is 41.5 Å². The number of hydrogen-bond acceptors (Lipinski definition) is 0. The van der Waals surface area contributed by atoms with Crippen LogP contribution in [0.25, 0.3) is 0 Å². The number of rotatable bonds is 2. The zero-order valence-corrected chi connectivity index (χ0v) is 10.9. The third-order valence-corrected chi connectivity index (χ3v) is 4.56. The van der Waals surface area contributed by atoms with Crippen molar-refractivity contribution in [2.24, 2.45) is 29.1 Å². The molecule has 1 aliphatic rings. The molecule has 0 N–H and O–H groups in total. The Morgan fingerprint density at radius 3 is 1.50 bits per heavy atom. The van der Waals surface area contributed by atoms with E-state index in [1.807, 2.05) is 0 Å². The van der Waals surface area contributed by atoms with E-state index in [-0.39, 0.29) is 0 Å². The topological polar surface area (TPSA) is 0 Å². The second-order valence-electron chi connectivity index (χ2n) is 6.40. The molecular formula is C14H28. The molecular weight excluding hydrogens is 168 g/mol. The largest absolute Gasteiger partial charge is 0.0625 e. The van der Waals surface area contributed by atoms with Crippen molar-refractivity contribution < 1.29 is 0 Å². The molecule has 0 heterocycles. The lowest BCUT2D eigenvalue weighted by atomic mass is 9.56. The molecule has 0 saturated heterocycles. The van der Waals surface area contributed by atoms with Gasteiger partial charge in [0, 0.05) is 0 Å². The Morgan fingerprint density at radius 1 is 0.857 bits per heavy atom. The summed E-state index contributed by atoms with van der Waals surface area (Å²) >= 11 is 0. The van der Waals surface area contributed by atoms with Crippen LogP contribution in [0.2, 0.25) is 0 Å². The van der Waals surface area contributed by atoms with Crippen LogP contribution in [0.3, 0.4) is 0 Å². The molecule has 0 radical (unpaired) electrons. The van der Waals surface area contributed by atoms with Crippen LogP contribution in [0.1, 0.15) is 60.8 Å². The van der Waals surface area contributed by atoms with Crippen molar-refractivity contribution in [1.29, 1.82) is 0 Å². The Labute approximate surface area is 90.5 Å². The Bertz CT molecular complexity index is 158. The van der Waals surface area contributed by atoms with Crippen LogP contribution in [-0.2, 0) is 0 Å². The smallest absolute Gasteiger partial charge is 0.0246 e. The van der Waals surface area contributed by atoms with Crippen LogP contribution < -0.4 is 0 Å². The average molecular weight is 196 g/mol. The molecule has 1 aliphatic carbocycles. The first kappa shape index (κ1) is 12.1. The predicted molar refractivity (Wildman–Crippen MR) is 64.3 cm³/mol. The SMILES string of the molecule is CC1CC(C)CC(C(C)C)(C(C)C)C1. The first-order valence-electron chi connectivity index (χ1n) is 6.38. The minimum Gasteiger partial charge on any atom is -0.0625 e. The monoisotopic (exact) mass is 196 g/mol. The molecule has 0 amide bonds. The van der Waals surface area contributed by atoms with E-state index in [0.717, 1.165) is 23.7 Å². The van der Waals surface area contributed by atoms with E-state index in [9.17, 15) is 0 Å². The second-order valence-corrected chi connectivity index (χ2v) is 6.40. The molecule has 0 aromatic carbocycles. The van der Waals surface area contributed by atoms with Crippen LogP contribution in [0, 0.1) is 29.1 Å². The highest BCUT2D eigenvalue weighted by atomic mass is 14.5. The minimum absolute atomic E-state index is 0.622. The fourth-order valence-corrected chi connectivity index (χ4v) is 3.84. The van der Waals surface area contributed by atoms with Gasteiger partial charge in [-0.1, -0.05) is 41.5 Å². The highest BCUT2D eigenvalue weighted by molar-refractivity contribution is 4.92. The van der Waals surface area contributed by atoms with Gasteiger partial charge in [-0.25, -0.2) is 0 Å². The van der Waals surface area contributed by atoms with E-state index < -0.39 is 0 Å². The molecule has 0 bridgehead atoms. The van der Waals surface area contributed by atoms with Crippen molar-refractivity contribution in [3.63, 3.8) is 0 Å². The molecule has 0 aliphatic heterocycles. The summed E-state index contributed by atoms with van der Waals surface area (Å²) in [5, 5.41) is 0. The molecule has 14 heavy (non-hydrogen) atoms. The third-order valence-electron chi connectivity index (χ3n) is 4.56. The summed E-state index contributed by atoms with van der Waals surface area (Å²) in [4.78, 5) is 0. The molecule has 0 heteroatoms. The molecule has 1 fully saturated rings. The van der Waals surface area contributed by atoms with Gasteiger partial charge in [0.2, 0.25) is 0 Å². The Hall–Kier alpha value is 0. The quantitative estimate of drug-likeness (QED) is 0.598. The van der Waals surface area contributed by atoms with Crippen LogP contribution in [-0.4, -0.2) is 0 Å². The van der Waals surface area contributed by atoms with Crippen LogP contribution in [0.15, 0.2) is 0 Å². The lowest BCUT2D eigenvalue weighted by molar-refractivity contribution is 0.00960. The summed E-state index contributed by atoms with van der Waals surface area (Å²) in [5.41, 5.74) is 0.622. The standard InChI is InChI=1S/C14H28/c1-10(2)14(11(3)4)8-12(5)7-13(6)9-14/h10-13H,7-9H2,1-6H3. The van der Waals surface area contributed by atoms with Crippen molar-refractivity contribution in [1.82, 2.24) is 0 Å². The lowest BCUT2D eigenvalue weighted by Gasteiger charge is -2.49. The maximum absolute atomic E-state index is 2.44. The molecule has 2 unspecified atom stereocenters. The molecule has 1 rings (SSSR count). The van der Waals surface area contributed by atoms with E-state index in [4.69, 9.17) is 0 Å². The van der Waals surface area contributed by atoms with Crippen molar-refractivity contribution in [2.45, 2.75) is 60.8 Å². The van der Waals surface area contributed by atoms with Gasteiger partial charge in [0.1, 0.15) is 0 Å². The van der Waals surface area contributed by atoms with E-state index in [0.29, 0.717) is 5.41 Å². The lowest BCUT2D eigenvalue weighted by Crippen LogP contribution is -2.40. The highest BCUT2D eigenvalue weighted by Crippen LogP contribution is 2.51. The Kier molecular flexibility index (Phi) is 3.66. The maximum Gasteiger partial charge on any atom is -0.0246 e. The molecule has 0 aromatic heterocycles. The van der Waals surface area contributed by atoms with Gasteiger partial charge < -0.3 is 0 Å². The molecule has 0 spiro atoms. The molecule has 2 atom stereocenters. The summed E-state index contributed by atoms with van der Waals surface area (Å²) in [6.07, 6.45) is 4.35. The molecule has 0 aromatic rings. The third kappa shape index (κ3) is 2.15. The summed E-state index contributed by atoms with van der Waals surface area (Å²) < 4.78 is 0. The van der Waals surface area contributed by atoms with Gasteiger partial charge in [0.15, 0.2) is 0 Å². The van der Waals surface area contributed by atoms with Gasteiger partial charge >= 0.3 is 0 Å². The van der Waals surface area contributed by atoms with Gasteiger partial charge in [-0.2, -0.15) is 0 Å². The van der Waals surface area contributed by atoms with Gasteiger partial charge in [-0.15, -0.1) is 0 Å². The van der Waals surface area contributed by atoms with Gasteiger partial charge in [0.05, 0.1) is 0 Å². The molecule has 0 nitrogen and oxygen atoms in total. The zero-order valence-electron chi connectivity index (χ0n) is 10.9. The van der Waals surface area contributed by atoms with Crippen molar-refractivity contribution in [3.05, 3.63) is 0 Å². The summed E-state index contributed by atoms with van der Waals surface area (Å²) in [6, 6.07) is 0. The van der Waals surface area contributed by atoms with Gasteiger partial charge in [-0.3, -0.25) is 0 Å². The van der Waals surface area contributed by atoms with Crippen LogP contribution in [0.4, 0.5) is 0 Å². The van der Waals surface area contributed by atoms with E-state index in [1.54, 1.807) is 0 Å². The van der Waals surface area contributed by atoms with Crippen molar-refractivity contribution >= 4 is 0 Å². The second kappa shape index (κ2) is 4.24. The first-order chi connectivity index (χ1) is 6.38. The zero-order chi connectivity index (χ0) is 10.9. The van der Waals surface area contributed by atoms with Crippen molar-refractivity contribution in [2.75, 3.05) is 0 Å². The maximum atomic E-state index is 2.44. The van der Waals surface area contributed by atoms with E-state index >= 15 is 0 Å². The van der Waals surface area contributed by atoms with Gasteiger partial charge in [0.25, 0.3) is 0 Å². The minimum atomic E-state index is 0.622. The fourth-order valence-electron chi connectivity index (χ4n) is 3.84. The molecule has 84 valence electrons. The fraction of sp³-hybridized carbons (Fsp3) is 1.00. The summed E-state index contributed by atoms with van der Waals surface area (Å²) in [5.74, 6) is 3.55. The number of hydrogen-bond donors (Lipinski definition) is 0. The average Bonchev–Trinajstić information content (AvgIpc) is 2.01.